The van der Waals surface area contributed by atoms with Crippen molar-refractivity contribution < 1.29 is 14.3 Å². The van der Waals surface area contributed by atoms with Crippen LogP contribution in [0.3, 0.4) is 0 Å². The minimum absolute atomic E-state index is 0.334. The Kier molecular flexibility index (Phi) is 5.45. The number of carbonyl (C=O) groups is 2. The van der Waals surface area contributed by atoms with Crippen molar-refractivity contribution in [2.45, 2.75) is 32.8 Å². The summed E-state index contributed by atoms with van der Waals surface area (Å²) in [5.41, 5.74) is -0.796. The van der Waals surface area contributed by atoms with Crippen LogP contribution < -0.4 is 0 Å². The molecule has 0 unspecified atom stereocenters. The molecule has 0 heterocycles. The van der Waals surface area contributed by atoms with E-state index in [1.54, 1.807) is 45.0 Å². The quantitative estimate of drug-likeness (QED) is 0.565. The Labute approximate surface area is 134 Å². The third kappa shape index (κ3) is 3.85. The second-order valence-corrected chi connectivity index (χ2v) is 5.51. The summed E-state index contributed by atoms with van der Waals surface area (Å²) in [6.45, 7) is 4.88. The first kappa shape index (κ1) is 18.1. The van der Waals surface area contributed by atoms with Crippen LogP contribution in [0.4, 0.5) is 0 Å². The molecule has 7 heteroatoms. The number of esters is 1. The van der Waals surface area contributed by atoms with Crippen molar-refractivity contribution in [3.8, 4) is 24.3 Å². The van der Waals surface area contributed by atoms with Gasteiger partial charge < -0.3 is 4.74 Å². The van der Waals surface area contributed by atoms with Crippen LogP contribution in [0.25, 0.3) is 0 Å². The van der Waals surface area contributed by atoms with Crippen LogP contribution in [0.15, 0.2) is 0 Å². The molecule has 1 saturated carbocycles. The monoisotopic (exact) mass is 307 g/mol. The molecule has 23 heavy (non-hydrogen) atoms. The van der Waals surface area contributed by atoms with E-state index in [0.29, 0.717) is 0 Å². The maximum absolute atomic E-state index is 12.3. The van der Waals surface area contributed by atoms with E-state index in [0.717, 1.165) is 0 Å². The molecule has 1 fully saturated rings. The number of ketones is 1. The van der Waals surface area contributed by atoms with E-state index in [1.165, 1.54) is 0 Å². The van der Waals surface area contributed by atoms with Gasteiger partial charge >= 0.3 is 5.97 Å². The van der Waals surface area contributed by atoms with E-state index in [4.69, 9.17) is 25.8 Å². The van der Waals surface area contributed by atoms with E-state index in [1.807, 2.05) is 0 Å². The van der Waals surface area contributed by atoms with E-state index < -0.39 is 23.8 Å². The second kappa shape index (κ2) is 6.91. The maximum Gasteiger partial charge on any atom is 0.313 e. The molecule has 1 aliphatic carbocycles. The third-order valence-electron chi connectivity index (χ3n) is 2.70. The summed E-state index contributed by atoms with van der Waals surface area (Å²) in [4.78, 5) is 24.0. The van der Waals surface area contributed by atoms with Gasteiger partial charge in [-0.05, 0) is 20.8 Å². The Bertz CT molecular complexity index is 628. The average molecular weight is 307 g/mol. The highest BCUT2D eigenvalue weighted by Crippen LogP contribution is 2.52. The topological polar surface area (TPSA) is 139 Å². The summed E-state index contributed by atoms with van der Waals surface area (Å²) in [6.07, 6.45) is -0.694. The van der Waals surface area contributed by atoms with Crippen molar-refractivity contribution in [3.63, 3.8) is 0 Å². The lowest BCUT2D eigenvalue weighted by molar-refractivity contribution is -0.155. The van der Waals surface area contributed by atoms with Crippen LogP contribution in [0.5, 0.6) is 0 Å². The first-order chi connectivity index (χ1) is 10.7. The normalized spacial score (nSPS) is 17.7. The zero-order valence-electron chi connectivity index (χ0n) is 12.7. The molecule has 0 bridgehead atoms. The van der Waals surface area contributed by atoms with Gasteiger partial charge in [-0.2, -0.15) is 21.0 Å². The van der Waals surface area contributed by atoms with Crippen LogP contribution in [-0.2, 0) is 14.3 Å². The summed E-state index contributed by atoms with van der Waals surface area (Å²) >= 11 is 0. The average Bonchev–Trinajstić information content (AvgIpc) is 2.77. The molecule has 0 aromatic carbocycles. The van der Waals surface area contributed by atoms with Gasteiger partial charge in [0.15, 0.2) is 5.78 Å². The Balaban J connectivity index is 3.05. The molecule has 0 aromatic heterocycles. The van der Waals surface area contributed by atoms with Gasteiger partial charge in [0, 0.05) is 0 Å². The molecule has 7 nitrogen and oxygen atoms in total. The van der Waals surface area contributed by atoms with Gasteiger partial charge in [0.2, 0.25) is 0 Å². The third-order valence-corrected chi connectivity index (χ3v) is 2.70. The molecule has 0 aliphatic heterocycles. The number of nitrogens with zero attached hydrogens (tertiary/aromatic N) is 4. The summed E-state index contributed by atoms with van der Waals surface area (Å²) in [6, 6.07) is 6.58. The SMILES string of the molecule is CC(C)(C)OC(=O)CC(=O)[C]1[C](C#N)[C](C#N)[C](C#N)[C]1C#N. The summed E-state index contributed by atoms with van der Waals surface area (Å²) in [7, 11) is 0. The molecule has 0 saturated heterocycles. The fraction of sp³-hybridized carbons (Fsp3) is 0.312. The predicted octanol–water partition coefficient (Wildman–Crippen LogP) is 1.27. The largest absolute Gasteiger partial charge is 0.460 e. The minimum atomic E-state index is -0.842. The number of rotatable bonds is 3. The fourth-order valence-electron chi connectivity index (χ4n) is 1.95. The van der Waals surface area contributed by atoms with E-state index in [-0.39, 0.29) is 29.6 Å². The van der Waals surface area contributed by atoms with Gasteiger partial charge in [-0.1, -0.05) is 0 Å². The second-order valence-electron chi connectivity index (χ2n) is 5.51. The van der Waals surface area contributed by atoms with Gasteiger partial charge in [0.25, 0.3) is 0 Å². The number of Topliss-reactive ketones (excluding diaryl/α,β-unsaturated/α-hetero) is 1. The highest BCUT2D eigenvalue weighted by molar-refractivity contribution is 6.12. The smallest absolute Gasteiger partial charge is 0.313 e. The highest BCUT2D eigenvalue weighted by atomic mass is 16.6. The van der Waals surface area contributed by atoms with Crippen LogP contribution in [0, 0.1) is 74.9 Å². The molecule has 0 aromatic rings. The molecule has 0 N–H and O–H groups in total. The first-order valence-electron chi connectivity index (χ1n) is 6.42. The molecular weight excluding hydrogens is 296 g/mol. The summed E-state index contributed by atoms with van der Waals surface area (Å²) < 4.78 is 5.01. The van der Waals surface area contributed by atoms with E-state index >= 15 is 0 Å². The van der Waals surface area contributed by atoms with Crippen LogP contribution >= 0.6 is 0 Å². The predicted molar refractivity (Wildman–Crippen MR) is 74.1 cm³/mol. The number of hydrogen-bond acceptors (Lipinski definition) is 7. The van der Waals surface area contributed by atoms with Gasteiger partial charge in [0.05, 0.1) is 30.2 Å². The van der Waals surface area contributed by atoms with Crippen molar-refractivity contribution in [2.75, 3.05) is 0 Å². The Morgan fingerprint density at radius 3 is 1.57 bits per heavy atom. The molecule has 0 spiro atoms. The summed E-state index contributed by atoms with van der Waals surface area (Å²) in [5.74, 6) is -3.45. The molecule has 0 amide bonds. The maximum atomic E-state index is 12.3. The molecular formula is C16H11N4O3. The van der Waals surface area contributed by atoms with Crippen molar-refractivity contribution in [2.24, 2.45) is 0 Å². The zero-order valence-corrected chi connectivity index (χ0v) is 12.7. The van der Waals surface area contributed by atoms with Crippen molar-refractivity contribution in [3.05, 3.63) is 29.6 Å². The first-order valence-corrected chi connectivity index (χ1v) is 6.42. The van der Waals surface area contributed by atoms with E-state index in [9.17, 15) is 9.59 Å². The van der Waals surface area contributed by atoms with Crippen molar-refractivity contribution >= 4 is 11.8 Å². The number of carbonyl (C=O) groups excluding carboxylic acids is 2. The van der Waals surface area contributed by atoms with Crippen LogP contribution in [-0.4, -0.2) is 17.4 Å². The van der Waals surface area contributed by atoms with Gasteiger partial charge in [-0.25, -0.2) is 0 Å². The highest BCUT2D eigenvalue weighted by Gasteiger charge is 2.58. The number of hydrogen-bond donors (Lipinski definition) is 0. The fourth-order valence-corrected chi connectivity index (χ4v) is 1.95. The molecule has 1 rings (SSSR count). The van der Waals surface area contributed by atoms with Crippen LogP contribution in [0.2, 0.25) is 0 Å². The van der Waals surface area contributed by atoms with Crippen molar-refractivity contribution in [1.29, 1.82) is 21.0 Å². The Hall–Kier alpha value is -2.90. The van der Waals surface area contributed by atoms with Crippen molar-refractivity contribution in [1.82, 2.24) is 0 Å². The van der Waals surface area contributed by atoms with Crippen LogP contribution in [0.1, 0.15) is 27.2 Å². The summed E-state index contributed by atoms with van der Waals surface area (Å²) in [5, 5.41) is 36.4. The lowest BCUT2D eigenvalue weighted by Crippen LogP contribution is -2.28. The van der Waals surface area contributed by atoms with Gasteiger partial charge in [-0.15, -0.1) is 0 Å². The Morgan fingerprint density at radius 1 is 0.870 bits per heavy atom. The minimum Gasteiger partial charge on any atom is -0.460 e. The Morgan fingerprint density at radius 2 is 1.26 bits per heavy atom. The zero-order chi connectivity index (χ0) is 17.8. The molecule has 5 radical (unpaired) electrons. The number of ether oxygens (including phenoxy) is 1. The molecule has 0 atom stereocenters. The van der Waals surface area contributed by atoms with Gasteiger partial charge in [-0.3, -0.25) is 9.59 Å². The molecule has 113 valence electrons. The number of nitriles is 4. The lowest BCUT2D eigenvalue weighted by Gasteiger charge is -2.20. The molecule has 1 aliphatic rings. The standard InChI is InChI=1S/C16H11N4O3/c1-16(2,3)23-14(22)4-13(21)15-11(7-19)9(5-17)10(6-18)12(15)8-20/h4H2,1-3H3. The van der Waals surface area contributed by atoms with Gasteiger partial charge in [0.1, 0.15) is 35.7 Å². The van der Waals surface area contributed by atoms with E-state index in [2.05, 4.69) is 0 Å². The lowest BCUT2D eigenvalue weighted by atomic mass is 9.84.